The van der Waals surface area contributed by atoms with Crippen LogP contribution in [0.25, 0.3) is 6.08 Å². The van der Waals surface area contributed by atoms with Crippen molar-refractivity contribution in [3.63, 3.8) is 0 Å². The Morgan fingerprint density at radius 3 is 2.32 bits per heavy atom. The Bertz CT molecular complexity index is 674. The fourth-order valence-corrected chi connectivity index (χ4v) is 5.20. The molecule has 0 aliphatic heterocycles. The fraction of sp³-hybridized carbons (Fsp3) is 0.615. The lowest BCUT2D eigenvalue weighted by molar-refractivity contribution is 0.304. The van der Waals surface area contributed by atoms with Crippen molar-refractivity contribution < 1.29 is 0 Å². The van der Waals surface area contributed by atoms with Gasteiger partial charge in [0.05, 0.1) is 0 Å². The van der Waals surface area contributed by atoms with E-state index < -0.39 is 0 Å². The highest BCUT2D eigenvalue weighted by Crippen LogP contribution is 2.38. The molecule has 28 heavy (non-hydrogen) atoms. The molecule has 1 aromatic carbocycles. The van der Waals surface area contributed by atoms with Gasteiger partial charge >= 0.3 is 0 Å². The third kappa shape index (κ3) is 6.14. The molecule has 0 bridgehead atoms. The Hall–Kier alpha value is -1.21. The summed E-state index contributed by atoms with van der Waals surface area (Å²) in [6.07, 6.45) is 10.4. The van der Waals surface area contributed by atoms with E-state index in [1.54, 1.807) is 0 Å². The molecule has 1 aliphatic carbocycles. The highest BCUT2D eigenvalue weighted by atomic mass is 35.5. The van der Waals surface area contributed by atoms with Gasteiger partial charge in [-0.2, -0.15) is 0 Å². The van der Waals surface area contributed by atoms with Crippen LogP contribution in [-0.2, 0) is 6.42 Å². The van der Waals surface area contributed by atoms with Crippen molar-refractivity contribution in [2.75, 3.05) is 11.4 Å². The van der Waals surface area contributed by atoms with Crippen LogP contribution in [0.4, 0.5) is 5.69 Å². The highest BCUT2D eigenvalue weighted by Gasteiger charge is 2.27. The molecule has 0 atom stereocenters. The van der Waals surface area contributed by atoms with Crippen LogP contribution in [0, 0.1) is 11.3 Å². The van der Waals surface area contributed by atoms with Crippen LogP contribution in [0.3, 0.4) is 0 Å². The standard InChI is InChI=1S/C26H40ClN/c1-8-21-16-22(27)17-25(24(21)9-2)28(10-3)23-13-11-20(12-14-23)15-19(4)18-26(5,6)7/h8,16-17,20,23H,1,4,9-15,18H2,2-3,5-7H3. The second-order valence-electron chi connectivity index (χ2n) is 9.70. The zero-order valence-electron chi connectivity index (χ0n) is 18.8. The third-order valence-electron chi connectivity index (χ3n) is 6.06. The largest absolute Gasteiger partial charge is 0.369 e. The second kappa shape index (κ2) is 10.0. The molecule has 2 heteroatoms. The summed E-state index contributed by atoms with van der Waals surface area (Å²) < 4.78 is 0. The van der Waals surface area contributed by atoms with Gasteiger partial charge in [-0.25, -0.2) is 0 Å². The van der Waals surface area contributed by atoms with Gasteiger partial charge in [0.15, 0.2) is 0 Å². The van der Waals surface area contributed by atoms with Crippen LogP contribution in [0.15, 0.2) is 30.9 Å². The number of nitrogens with zero attached hydrogens (tertiary/aromatic N) is 1. The van der Waals surface area contributed by atoms with Gasteiger partial charge in [-0.3, -0.25) is 0 Å². The van der Waals surface area contributed by atoms with Gasteiger partial charge in [0.1, 0.15) is 0 Å². The smallest absolute Gasteiger partial charge is 0.0432 e. The van der Waals surface area contributed by atoms with Crippen LogP contribution in [0.2, 0.25) is 5.02 Å². The highest BCUT2D eigenvalue weighted by molar-refractivity contribution is 6.31. The van der Waals surface area contributed by atoms with E-state index in [1.165, 1.54) is 54.5 Å². The molecule has 1 nitrogen and oxygen atoms in total. The summed E-state index contributed by atoms with van der Waals surface area (Å²) in [5.74, 6) is 0.804. The minimum atomic E-state index is 0.347. The summed E-state index contributed by atoms with van der Waals surface area (Å²) >= 11 is 6.45. The molecule has 1 aliphatic rings. The zero-order chi connectivity index (χ0) is 20.9. The van der Waals surface area contributed by atoms with Crippen LogP contribution in [0.1, 0.15) is 84.3 Å². The predicted molar refractivity (Wildman–Crippen MR) is 128 cm³/mol. The summed E-state index contributed by atoms with van der Waals surface area (Å²) in [5.41, 5.74) is 5.65. The average molecular weight is 402 g/mol. The summed E-state index contributed by atoms with van der Waals surface area (Å²) in [5, 5.41) is 0.813. The van der Waals surface area contributed by atoms with Crippen LogP contribution in [-0.4, -0.2) is 12.6 Å². The Kier molecular flexibility index (Phi) is 8.25. The van der Waals surface area contributed by atoms with Crippen LogP contribution in [0.5, 0.6) is 0 Å². The molecular formula is C26H40ClN. The van der Waals surface area contributed by atoms with Gasteiger partial charge in [-0.1, -0.05) is 64.1 Å². The van der Waals surface area contributed by atoms with E-state index in [4.69, 9.17) is 11.6 Å². The molecule has 0 unspecified atom stereocenters. The second-order valence-corrected chi connectivity index (χ2v) is 10.1. The van der Waals surface area contributed by atoms with E-state index in [2.05, 4.69) is 58.7 Å². The SMILES string of the molecule is C=Cc1cc(Cl)cc(N(CC)C2CCC(CC(=C)CC(C)(C)C)CC2)c1CC. The maximum atomic E-state index is 6.45. The van der Waals surface area contributed by atoms with Crippen molar-refractivity contribution >= 4 is 23.4 Å². The molecule has 156 valence electrons. The van der Waals surface area contributed by atoms with Crippen LogP contribution >= 0.6 is 11.6 Å². The van der Waals surface area contributed by atoms with E-state index in [0.29, 0.717) is 11.5 Å². The summed E-state index contributed by atoms with van der Waals surface area (Å²) in [6, 6.07) is 4.81. The van der Waals surface area contributed by atoms with E-state index in [1.807, 2.05) is 12.1 Å². The number of hydrogen-bond donors (Lipinski definition) is 0. The quantitative estimate of drug-likeness (QED) is 0.395. The van der Waals surface area contributed by atoms with Gasteiger partial charge in [-0.15, -0.1) is 0 Å². The van der Waals surface area contributed by atoms with Crippen LogP contribution < -0.4 is 4.90 Å². The van der Waals surface area contributed by atoms with E-state index in [9.17, 15) is 0 Å². The lowest BCUT2D eigenvalue weighted by Crippen LogP contribution is -2.39. The minimum Gasteiger partial charge on any atom is -0.369 e. The molecule has 0 radical (unpaired) electrons. The lowest BCUT2D eigenvalue weighted by atomic mass is 9.78. The first-order chi connectivity index (χ1) is 13.2. The third-order valence-corrected chi connectivity index (χ3v) is 6.28. The predicted octanol–water partition coefficient (Wildman–Crippen LogP) is 8.31. The van der Waals surface area contributed by atoms with Crippen molar-refractivity contribution in [3.05, 3.63) is 47.0 Å². The van der Waals surface area contributed by atoms with Gasteiger partial charge in [-0.05, 0) is 86.5 Å². The normalized spacial score (nSPS) is 20.1. The number of allylic oxidation sites excluding steroid dienone is 1. The first-order valence-electron chi connectivity index (χ1n) is 11.1. The topological polar surface area (TPSA) is 3.24 Å². The Balaban J connectivity index is 2.07. The van der Waals surface area contributed by atoms with Gasteiger partial charge < -0.3 is 4.90 Å². The Labute approximate surface area is 178 Å². The van der Waals surface area contributed by atoms with E-state index in [0.717, 1.165) is 30.3 Å². The Morgan fingerprint density at radius 1 is 1.18 bits per heavy atom. The van der Waals surface area contributed by atoms with Gasteiger partial charge in [0.25, 0.3) is 0 Å². The zero-order valence-corrected chi connectivity index (χ0v) is 19.5. The fourth-order valence-electron chi connectivity index (χ4n) is 4.98. The molecule has 0 N–H and O–H groups in total. The molecular weight excluding hydrogens is 362 g/mol. The molecule has 0 heterocycles. The maximum absolute atomic E-state index is 6.45. The maximum Gasteiger partial charge on any atom is 0.0432 e. The molecule has 1 saturated carbocycles. The summed E-state index contributed by atoms with van der Waals surface area (Å²) in [4.78, 5) is 2.60. The van der Waals surface area contributed by atoms with Crippen molar-refractivity contribution in [3.8, 4) is 0 Å². The van der Waals surface area contributed by atoms with Gasteiger partial charge in [0, 0.05) is 23.3 Å². The number of rotatable bonds is 8. The summed E-state index contributed by atoms with van der Waals surface area (Å²) in [6.45, 7) is 20.8. The minimum absolute atomic E-state index is 0.347. The number of benzene rings is 1. The van der Waals surface area contributed by atoms with Crippen molar-refractivity contribution in [2.24, 2.45) is 11.3 Å². The van der Waals surface area contributed by atoms with E-state index in [-0.39, 0.29) is 0 Å². The first kappa shape index (κ1) is 23.1. The first-order valence-corrected chi connectivity index (χ1v) is 11.4. The van der Waals surface area contributed by atoms with Gasteiger partial charge in [0.2, 0.25) is 0 Å². The molecule has 1 aromatic rings. The van der Waals surface area contributed by atoms with Crippen molar-refractivity contribution in [1.29, 1.82) is 0 Å². The van der Waals surface area contributed by atoms with Crippen molar-refractivity contribution in [1.82, 2.24) is 0 Å². The van der Waals surface area contributed by atoms with Crippen molar-refractivity contribution in [2.45, 2.75) is 85.6 Å². The number of hydrogen-bond acceptors (Lipinski definition) is 1. The summed E-state index contributed by atoms with van der Waals surface area (Å²) in [7, 11) is 0. The molecule has 0 aromatic heterocycles. The Morgan fingerprint density at radius 2 is 1.82 bits per heavy atom. The molecule has 0 spiro atoms. The molecule has 2 rings (SSSR count). The monoisotopic (exact) mass is 401 g/mol. The number of halogens is 1. The number of anilines is 1. The van der Waals surface area contributed by atoms with E-state index >= 15 is 0 Å². The molecule has 1 fully saturated rings. The molecule has 0 amide bonds. The lowest BCUT2D eigenvalue weighted by Gasteiger charge is -2.39. The average Bonchev–Trinajstić information content (AvgIpc) is 2.61. The molecule has 0 saturated heterocycles.